The summed E-state index contributed by atoms with van der Waals surface area (Å²) in [4.78, 5) is 0. The fraction of sp³-hybridized carbons (Fsp3) is 1.00. The molecule has 1 rings (SSSR count). The molecular formula is C2H5NO. The molecular weight excluding hydrogens is 54.0 g/mol. The fourth-order valence-corrected chi connectivity index (χ4v) is 0.0510. The van der Waals surface area contributed by atoms with Crippen molar-refractivity contribution in [3.05, 3.63) is 5.21 Å². The lowest BCUT2D eigenvalue weighted by molar-refractivity contribution is -0.696. The summed E-state index contributed by atoms with van der Waals surface area (Å²) in [5, 5.41) is 9.97. The maximum absolute atomic E-state index is 9.56. The first-order chi connectivity index (χ1) is 1.89. The van der Waals surface area contributed by atoms with Crippen LogP contribution in [0.4, 0.5) is 0 Å². The van der Waals surface area contributed by atoms with E-state index in [0.29, 0.717) is 5.06 Å². The van der Waals surface area contributed by atoms with E-state index in [4.69, 9.17) is 0 Å². The highest BCUT2D eigenvalue weighted by Gasteiger charge is 2.09. The van der Waals surface area contributed by atoms with Crippen LogP contribution in [-0.2, 0) is 0 Å². The van der Waals surface area contributed by atoms with Gasteiger partial charge in [-0.3, -0.25) is 0 Å². The molecule has 0 saturated carbocycles. The number of rotatable bonds is 0. The van der Waals surface area contributed by atoms with Gasteiger partial charge in [0.15, 0.2) is 0 Å². The van der Waals surface area contributed by atoms with Crippen LogP contribution in [0, 0.1) is 5.21 Å². The lowest BCUT2D eigenvalue weighted by atomic mass is 11.0. The molecule has 0 aliphatic carbocycles. The Morgan fingerprint density at radius 3 is 1.75 bits per heavy atom. The molecule has 0 aromatic rings. The molecule has 4 heavy (non-hydrogen) atoms. The molecule has 1 saturated heterocycles. The van der Waals surface area contributed by atoms with Crippen LogP contribution >= 0.6 is 0 Å². The lowest BCUT2D eigenvalue weighted by Gasteiger charge is -1.85. The molecule has 0 radical (unpaired) electrons. The van der Waals surface area contributed by atoms with Crippen molar-refractivity contribution >= 4 is 0 Å². The van der Waals surface area contributed by atoms with Gasteiger partial charge in [-0.15, -0.1) is 0 Å². The van der Waals surface area contributed by atoms with Crippen molar-refractivity contribution in [3.63, 3.8) is 0 Å². The zero-order valence-electron chi connectivity index (χ0n) is 2.32. The summed E-state index contributed by atoms with van der Waals surface area (Å²) in [6, 6.07) is 0. The van der Waals surface area contributed by atoms with Gasteiger partial charge in [0.1, 0.15) is 13.1 Å². The van der Waals surface area contributed by atoms with Crippen molar-refractivity contribution in [1.82, 2.24) is 0 Å². The van der Waals surface area contributed by atoms with E-state index in [0.717, 1.165) is 13.1 Å². The van der Waals surface area contributed by atoms with Gasteiger partial charge in [0.2, 0.25) is 0 Å². The molecule has 1 heterocycles. The van der Waals surface area contributed by atoms with Gasteiger partial charge in [-0.05, 0) is 0 Å². The molecule has 0 aromatic heterocycles. The van der Waals surface area contributed by atoms with Crippen LogP contribution in [-0.4, -0.2) is 13.1 Å². The second-order valence-electron chi connectivity index (χ2n) is 1.04. The normalized spacial score (nSPS) is 26.2. The molecule has 0 amide bonds. The van der Waals surface area contributed by atoms with Gasteiger partial charge in [0.05, 0.1) is 0 Å². The van der Waals surface area contributed by atoms with E-state index < -0.39 is 0 Å². The van der Waals surface area contributed by atoms with Crippen molar-refractivity contribution in [2.75, 3.05) is 13.1 Å². The van der Waals surface area contributed by atoms with Gasteiger partial charge < -0.3 is 10.3 Å². The molecule has 1 aliphatic heterocycles. The summed E-state index contributed by atoms with van der Waals surface area (Å²) in [5.74, 6) is 0. The molecule has 0 unspecified atom stereocenters. The molecule has 2 nitrogen and oxygen atoms in total. The molecule has 1 aliphatic rings. The molecule has 0 spiro atoms. The first-order valence-electron chi connectivity index (χ1n) is 1.41. The van der Waals surface area contributed by atoms with E-state index in [-0.39, 0.29) is 0 Å². The molecule has 24 valence electrons. The van der Waals surface area contributed by atoms with Gasteiger partial charge in [-0.2, -0.15) is 0 Å². The van der Waals surface area contributed by atoms with E-state index >= 15 is 0 Å². The van der Waals surface area contributed by atoms with Crippen molar-refractivity contribution in [2.24, 2.45) is 0 Å². The predicted octanol–water partition coefficient (Wildman–Crippen LogP) is -1.62. The van der Waals surface area contributed by atoms with Crippen LogP contribution in [0.2, 0.25) is 0 Å². The summed E-state index contributed by atoms with van der Waals surface area (Å²) in [5.41, 5.74) is 0. The Hall–Kier alpha value is -0.0800. The fourth-order valence-electron chi connectivity index (χ4n) is 0.0510. The van der Waals surface area contributed by atoms with Crippen molar-refractivity contribution < 1.29 is 5.06 Å². The second-order valence-corrected chi connectivity index (χ2v) is 1.04. The zero-order chi connectivity index (χ0) is 2.99. The van der Waals surface area contributed by atoms with E-state index in [9.17, 15) is 5.21 Å². The van der Waals surface area contributed by atoms with Gasteiger partial charge in [-0.25, -0.2) is 0 Å². The zero-order valence-corrected chi connectivity index (χ0v) is 2.32. The SMILES string of the molecule is [O-][NH+]1CC1. The van der Waals surface area contributed by atoms with Gasteiger partial charge >= 0.3 is 0 Å². The highest BCUT2D eigenvalue weighted by atomic mass is 16.5. The quantitative estimate of drug-likeness (QED) is 0.263. The number of quaternary nitrogens is 1. The smallest absolute Gasteiger partial charge is 0.127 e. The van der Waals surface area contributed by atoms with Crippen molar-refractivity contribution in [1.29, 1.82) is 0 Å². The molecule has 0 aromatic carbocycles. The maximum atomic E-state index is 9.56. The number of nitrogens with one attached hydrogen (secondary N) is 1. The van der Waals surface area contributed by atoms with Crippen molar-refractivity contribution in [3.8, 4) is 0 Å². The summed E-state index contributed by atoms with van der Waals surface area (Å²) < 4.78 is 0. The number of hydrogen-bond donors (Lipinski definition) is 1. The third kappa shape index (κ3) is 0.191. The average Bonchev–Trinajstić information content (AvgIpc) is 1.75. The Bertz CT molecular complexity index is 25.2. The lowest BCUT2D eigenvalue weighted by Crippen LogP contribution is -2.85. The van der Waals surface area contributed by atoms with Crippen LogP contribution in [0.1, 0.15) is 0 Å². The maximum Gasteiger partial charge on any atom is 0.127 e. The Kier molecular flexibility index (Phi) is 0.242. The largest absolute Gasteiger partial charge is 0.634 e. The highest BCUT2D eigenvalue weighted by Crippen LogP contribution is 1.51. The van der Waals surface area contributed by atoms with E-state index in [1.807, 2.05) is 0 Å². The summed E-state index contributed by atoms with van der Waals surface area (Å²) >= 11 is 0. The summed E-state index contributed by atoms with van der Waals surface area (Å²) in [6.07, 6.45) is 0. The van der Waals surface area contributed by atoms with Crippen LogP contribution < -0.4 is 5.06 Å². The topological polar surface area (TPSA) is 27.5 Å². The van der Waals surface area contributed by atoms with Crippen LogP contribution in [0.15, 0.2) is 0 Å². The van der Waals surface area contributed by atoms with Crippen LogP contribution in [0.25, 0.3) is 0 Å². The third-order valence-corrected chi connectivity index (χ3v) is 0.454. The Morgan fingerprint density at radius 1 is 1.50 bits per heavy atom. The minimum absolute atomic E-state index is 0.417. The summed E-state index contributed by atoms with van der Waals surface area (Å²) in [7, 11) is 0. The highest BCUT2D eigenvalue weighted by molar-refractivity contribution is 4.35. The van der Waals surface area contributed by atoms with E-state index in [1.54, 1.807) is 0 Å². The third-order valence-electron chi connectivity index (χ3n) is 0.454. The van der Waals surface area contributed by atoms with Gasteiger partial charge in [-0.1, -0.05) is 0 Å². The summed E-state index contributed by atoms with van der Waals surface area (Å²) in [6.45, 7) is 1.69. The first kappa shape index (κ1) is 2.18. The van der Waals surface area contributed by atoms with E-state index in [2.05, 4.69) is 0 Å². The average molecular weight is 59.1 g/mol. The predicted molar refractivity (Wildman–Crippen MR) is 14.1 cm³/mol. The molecule has 0 atom stereocenters. The number of hydroxylamine groups is 2. The Labute approximate surface area is 24.6 Å². The standard InChI is InChI=1S/C2H5NO/c4-3-1-2-3/h3H,1-2H2. The van der Waals surface area contributed by atoms with Crippen LogP contribution in [0.3, 0.4) is 0 Å². The Balaban J connectivity index is 2.17. The van der Waals surface area contributed by atoms with E-state index in [1.165, 1.54) is 0 Å². The van der Waals surface area contributed by atoms with Gasteiger partial charge in [0.25, 0.3) is 0 Å². The molecule has 1 N–H and O–H groups in total. The molecule has 0 bridgehead atoms. The van der Waals surface area contributed by atoms with Crippen LogP contribution in [0.5, 0.6) is 0 Å². The minimum atomic E-state index is 0.417. The first-order valence-corrected chi connectivity index (χ1v) is 1.41. The monoisotopic (exact) mass is 59.0 g/mol. The molecule has 1 fully saturated rings. The molecule has 2 heteroatoms. The minimum Gasteiger partial charge on any atom is -0.634 e. The van der Waals surface area contributed by atoms with Crippen molar-refractivity contribution in [2.45, 2.75) is 0 Å². The number of hydrogen-bond acceptors (Lipinski definition) is 1. The second kappa shape index (κ2) is 0.445. The Morgan fingerprint density at radius 2 is 1.75 bits per heavy atom. The van der Waals surface area contributed by atoms with Gasteiger partial charge in [0, 0.05) is 0 Å².